The summed E-state index contributed by atoms with van der Waals surface area (Å²) in [7, 11) is 1.70. The van der Waals surface area contributed by atoms with Crippen molar-refractivity contribution in [3.63, 3.8) is 0 Å². The number of nitrogens with zero attached hydrogens (tertiary/aromatic N) is 1. The topological polar surface area (TPSA) is 30.9 Å². The summed E-state index contributed by atoms with van der Waals surface area (Å²) in [5, 5.41) is 0. The minimum absolute atomic E-state index is 0.500. The molecule has 0 radical (unpaired) electrons. The van der Waals surface area contributed by atoms with E-state index in [-0.39, 0.29) is 0 Å². The lowest BCUT2D eigenvalue weighted by Gasteiger charge is -2.24. The van der Waals surface area contributed by atoms with Crippen molar-refractivity contribution in [3.05, 3.63) is 93.5 Å². The van der Waals surface area contributed by atoms with Crippen molar-refractivity contribution in [2.75, 3.05) is 33.4 Å². The molecule has 1 saturated heterocycles. The normalized spacial score (nSPS) is 15.7. The van der Waals surface area contributed by atoms with E-state index in [0.717, 1.165) is 48.8 Å². The van der Waals surface area contributed by atoms with Crippen molar-refractivity contribution in [2.24, 2.45) is 0 Å². The summed E-state index contributed by atoms with van der Waals surface area (Å²) in [5.41, 5.74) is 5.98. The second-order valence-corrected chi connectivity index (χ2v) is 10.1. The van der Waals surface area contributed by atoms with Gasteiger partial charge in [0.05, 0.1) is 7.11 Å². The van der Waals surface area contributed by atoms with Gasteiger partial charge < -0.3 is 14.2 Å². The summed E-state index contributed by atoms with van der Waals surface area (Å²) in [6, 6.07) is 23.0. The van der Waals surface area contributed by atoms with Crippen LogP contribution in [0.5, 0.6) is 17.2 Å². The summed E-state index contributed by atoms with van der Waals surface area (Å²) in [5.74, 6) is 2.46. The molecule has 182 valence electrons. The molecule has 1 aliphatic carbocycles. The third-order valence-corrected chi connectivity index (χ3v) is 7.59. The van der Waals surface area contributed by atoms with Gasteiger partial charge >= 0.3 is 0 Å². The van der Waals surface area contributed by atoms with Crippen LogP contribution in [0.15, 0.2) is 71.2 Å². The van der Waals surface area contributed by atoms with Crippen molar-refractivity contribution in [2.45, 2.75) is 32.3 Å². The minimum atomic E-state index is 0.500. The van der Waals surface area contributed by atoms with Gasteiger partial charge in [0.25, 0.3) is 0 Å². The first kappa shape index (κ1) is 24.0. The molecule has 1 heterocycles. The van der Waals surface area contributed by atoms with Crippen LogP contribution < -0.4 is 14.2 Å². The molecular formula is C30H32BrNO3. The standard InChI is InChI=1S/C30H32BrNO3/c1-33-28-19-24-11-14-27(31)30(26(24)20-29(28)35-21-22-7-3-2-4-8-22)23-9-12-25(13-10-23)34-18-17-32-15-5-6-16-32/h2-4,7-10,12-13,19-20H,5-6,11,14-18,21H2,1H3. The third kappa shape index (κ3) is 5.74. The molecular weight excluding hydrogens is 502 g/mol. The summed E-state index contributed by atoms with van der Waals surface area (Å²) in [4.78, 5) is 2.47. The second-order valence-electron chi connectivity index (χ2n) is 9.14. The van der Waals surface area contributed by atoms with E-state index >= 15 is 0 Å². The van der Waals surface area contributed by atoms with Gasteiger partial charge in [0, 0.05) is 11.0 Å². The molecule has 1 fully saturated rings. The Kier molecular flexibility index (Phi) is 7.75. The number of benzene rings is 3. The largest absolute Gasteiger partial charge is 0.493 e. The van der Waals surface area contributed by atoms with Gasteiger partial charge in [0.1, 0.15) is 19.0 Å². The molecule has 0 unspecified atom stereocenters. The van der Waals surface area contributed by atoms with E-state index in [2.05, 4.69) is 69.4 Å². The van der Waals surface area contributed by atoms with Gasteiger partial charge in [0.2, 0.25) is 0 Å². The Balaban J connectivity index is 1.35. The number of methoxy groups -OCH3 is 1. The number of ether oxygens (including phenoxy) is 3. The average molecular weight is 534 g/mol. The summed E-state index contributed by atoms with van der Waals surface area (Å²) in [6.07, 6.45) is 4.55. The Bertz CT molecular complexity index is 1170. The zero-order chi connectivity index (χ0) is 24.0. The number of aryl methyl sites for hydroxylation is 1. The number of likely N-dealkylation sites (tertiary alicyclic amines) is 1. The Morgan fingerprint density at radius 1 is 0.857 bits per heavy atom. The van der Waals surface area contributed by atoms with Gasteiger partial charge in [-0.1, -0.05) is 58.4 Å². The molecule has 0 atom stereocenters. The SMILES string of the molecule is COc1cc2c(cc1OCc1ccccc1)C(c1ccc(OCCN3CCCC3)cc1)=C(Br)CC2. The van der Waals surface area contributed by atoms with Gasteiger partial charge in [0.15, 0.2) is 11.5 Å². The molecule has 0 saturated carbocycles. The number of hydrogen-bond acceptors (Lipinski definition) is 4. The number of fused-ring (bicyclic) bond motifs is 1. The minimum Gasteiger partial charge on any atom is -0.493 e. The zero-order valence-electron chi connectivity index (χ0n) is 20.3. The molecule has 35 heavy (non-hydrogen) atoms. The fourth-order valence-electron chi connectivity index (χ4n) is 4.89. The van der Waals surface area contributed by atoms with E-state index in [0.29, 0.717) is 6.61 Å². The highest BCUT2D eigenvalue weighted by Gasteiger charge is 2.22. The van der Waals surface area contributed by atoms with Crippen molar-refractivity contribution >= 4 is 21.5 Å². The zero-order valence-corrected chi connectivity index (χ0v) is 21.9. The van der Waals surface area contributed by atoms with Crippen molar-refractivity contribution < 1.29 is 14.2 Å². The van der Waals surface area contributed by atoms with Crippen LogP contribution in [0, 0.1) is 0 Å². The number of hydrogen-bond donors (Lipinski definition) is 0. The number of halogens is 1. The highest BCUT2D eigenvalue weighted by Crippen LogP contribution is 2.43. The molecule has 1 aliphatic heterocycles. The first-order valence-corrected chi connectivity index (χ1v) is 13.2. The number of rotatable bonds is 9. The predicted octanol–water partition coefficient (Wildman–Crippen LogP) is 6.85. The molecule has 4 nitrogen and oxygen atoms in total. The van der Waals surface area contributed by atoms with Crippen LogP contribution >= 0.6 is 15.9 Å². The Morgan fingerprint density at radius 3 is 2.37 bits per heavy atom. The van der Waals surface area contributed by atoms with Gasteiger partial charge in [-0.15, -0.1) is 0 Å². The maximum atomic E-state index is 6.22. The van der Waals surface area contributed by atoms with Crippen LogP contribution in [0.3, 0.4) is 0 Å². The van der Waals surface area contributed by atoms with Crippen molar-refractivity contribution in [1.82, 2.24) is 4.90 Å². The summed E-state index contributed by atoms with van der Waals surface area (Å²) < 4.78 is 19.1. The molecule has 5 rings (SSSR count). The van der Waals surface area contributed by atoms with Crippen LogP contribution in [0.25, 0.3) is 5.57 Å². The van der Waals surface area contributed by atoms with E-state index in [1.807, 2.05) is 18.2 Å². The van der Waals surface area contributed by atoms with Gasteiger partial charge in [-0.3, -0.25) is 4.90 Å². The highest BCUT2D eigenvalue weighted by atomic mass is 79.9. The molecule has 0 N–H and O–H groups in total. The van der Waals surface area contributed by atoms with E-state index < -0.39 is 0 Å². The molecule has 5 heteroatoms. The maximum Gasteiger partial charge on any atom is 0.162 e. The second kappa shape index (κ2) is 11.3. The molecule has 0 amide bonds. The monoisotopic (exact) mass is 533 g/mol. The fraction of sp³-hybridized carbons (Fsp3) is 0.333. The third-order valence-electron chi connectivity index (χ3n) is 6.80. The van der Waals surface area contributed by atoms with Crippen LogP contribution in [-0.4, -0.2) is 38.3 Å². The van der Waals surface area contributed by atoms with E-state index in [9.17, 15) is 0 Å². The highest BCUT2D eigenvalue weighted by molar-refractivity contribution is 9.11. The molecule has 0 aromatic heterocycles. The Hall–Kier alpha value is -2.76. The predicted molar refractivity (Wildman–Crippen MR) is 145 cm³/mol. The fourth-order valence-corrected chi connectivity index (χ4v) is 5.53. The van der Waals surface area contributed by atoms with E-state index in [1.54, 1.807) is 7.11 Å². The lowest BCUT2D eigenvalue weighted by atomic mass is 9.86. The molecule has 3 aromatic rings. The average Bonchev–Trinajstić information content (AvgIpc) is 3.42. The smallest absolute Gasteiger partial charge is 0.162 e. The summed E-state index contributed by atoms with van der Waals surface area (Å²) in [6.45, 7) is 4.63. The number of allylic oxidation sites excluding steroid dienone is 1. The Labute approximate surface area is 216 Å². The molecule has 0 spiro atoms. The van der Waals surface area contributed by atoms with Crippen LogP contribution in [0.1, 0.15) is 41.5 Å². The van der Waals surface area contributed by atoms with E-state index in [4.69, 9.17) is 14.2 Å². The van der Waals surface area contributed by atoms with Gasteiger partial charge in [-0.25, -0.2) is 0 Å². The molecule has 3 aromatic carbocycles. The van der Waals surface area contributed by atoms with E-state index in [1.165, 1.54) is 52.7 Å². The lowest BCUT2D eigenvalue weighted by molar-refractivity contribution is 0.238. The quantitative estimate of drug-likeness (QED) is 0.301. The maximum absolute atomic E-state index is 6.22. The van der Waals surface area contributed by atoms with Gasteiger partial charge in [-0.05, 0) is 90.9 Å². The van der Waals surface area contributed by atoms with Crippen LogP contribution in [0.4, 0.5) is 0 Å². The lowest BCUT2D eigenvalue weighted by Crippen LogP contribution is -2.25. The Morgan fingerprint density at radius 2 is 1.63 bits per heavy atom. The van der Waals surface area contributed by atoms with Crippen molar-refractivity contribution in [3.8, 4) is 17.2 Å². The first-order valence-electron chi connectivity index (χ1n) is 12.4. The summed E-state index contributed by atoms with van der Waals surface area (Å²) >= 11 is 3.87. The molecule has 0 bridgehead atoms. The van der Waals surface area contributed by atoms with Crippen molar-refractivity contribution in [1.29, 1.82) is 0 Å². The van der Waals surface area contributed by atoms with Gasteiger partial charge in [-0.2, -0.15) is 0 Å². The van der Waals surface area contributed by atoms with Crippen LogP contribution in [-0.2, 0) is 13.0 Å². The van der Waals surface area contributed by atoms with Crippen LogP contribution in [0.2, 0.25) is 0 Å². The first-order chi connectivity index (χ1) is 17.2. The molecule has 2 aliphatic rings.